The predicted molar refractivity (Wildman–Crippen MR) is 176 cm³/mol. The van der Waals surface area contributed by atoms with Gasteiger partial charge in [0.2, 0.25) is 5.82 Å². The van der Waals surface area contributed by atoms with Crippen LogP contribution in [-0.2, 0) is 15.8 Å². The normalized spacial score (nSPS) is 18.8. The number of alkyl halides is 3. The first-order valence-electron chi connectivity index (χ1n) is 16.0. The van der Waals surface area contributed by atoms with Crippen molar-refractivity contribution in [2.45, 2.75) is 51.4 Å². The van der Waals surface area contributed by atoms with Gasteiger partial charge in [-0.05, 0) is 76.2 Å². The molecule has 2 aromatic carbocycles. The van der Waals surface area contributed by atoms with Crippen LogP contribution >= 0.6 is 0 Å². The molecule has 14 heteroatoms. The highest BCUT2D eigenvalue weighted by Gasteiger charge is 2.45. The standard InChI is InChI=1S/C35H35F3N8O3/c1-4-25(21(3)44-17-10-18-44)31(47)41-23-12-9-11-22(19-23)28-26-20-40-46(24-13-7-6-8-14-24)33(26)45(5-2)34(49)29(28)43-32(48)30-39-16-15-27(42-30)35(36,37)38/h4,6-9,11-16,19-21,28-29H,5,10,17-18H2,1-3H3,(H,41,47)(H,43,48)/b25-4+/t21?,28-,29+/m1/s1. The molecule has 6 rings (SSSR count). The lowest BCUT2D eigenvalue weighted by Crippen LogP contribution is -2.55. The average Bonchev–Trinajstić information content (AvgIpc) is 3.49. The Hall–Kier alpha value is -5.37. The fourth-order valence-electron chi connectivity index (χ4n) is 6.35. The third-order valence-corrected chi connectivity index (χ3v) is 8.95. The average molecular weight is 673 g/mol. The number of anilines is 2. The minimum absolute atomic E-state index is 0.0676. The Bertz CT molecular complexity index is 1910. The maximum Gasteiger partial charge on any atom is 0.433 e. The van der Waals surface area contributed by atoms with Gasteiger partial charge in [-0.2, -0.15) is 18.3 Å². The summed E-state index contributed by atoms with van der Waals surface area (Å²) in [6, 6.07) is 15.5. The lowest BCUT2D eigenvalue weighted by molar-refractivity contribution is -0.141. The zero-order chi connectivity index (χ0) is 34.9. The monoisotopic (exact) mass is 672 g/mol. The number of benzene rings is 2. The van der Waals surface area contributed by atoms with Crippen molar-refractivity contribution < 1.29 is 27.6 Å². The van der Waals surface area contributed by atoms with Gasteiger partial charge in [-0.15, -0.1) is 0 Å². The first kappa shape index (κ1) is 33.5. The van der Waals surface area contributed by atoms with Gasteiger partial charge >= 0.3 is 6.18 Å². The van der Waals surface area contributed by atoms with Crippen molar-refractivity contribution in [3.63, 3.8) is 0 Å². The summed E-state index contributed by atoms with van der Waals surface area (Å²) in [4.78, 5) is 52.1. The molecule has 2 aliphatic heterocycles. The van der Waals surface area contributed by atoms with E-state index in [1.807, 2.05) is 44.2 Å². The number of carbonyl (C=O) groups excluding carboxylic acids is 3. The van der Waals surface area contributed by atoms with Crippen LogP contribution in [0.15, 0.2) is 84.7 Å². The first-order chi connectivity index (χ1) is 23.5. The Balaban J connectivity index is 1.40. The van der Waals surface area contributed by atoms with Crippen molar-refractivity contribution in [1.82, 2.24) is 30.0 Å². The zero-order valence-corrected chi connectivity index (χ0v) is 27.1. The Labute approximate surface area is 280 Å². The van der Waals surface area contributed by atoms with E-state index in [1.165, 1.54) is 4.90 Å². The Morgan fingerprint density at radius 2 is 1.84 bits per heavy atom. The molecule has 0 bridgehead atoms. The highest BCUT2D eigenvalue weighted by atomic mass is 19.4. The summed E-state index contributed by atoms with van der Waals surface area (Å²) in [7, 11) is 0. The summed E-state index contributed by atoms with van der Waals surface area (Å²) >= 11 is 0. The third-order valence-electron chi connectivity index (χ3n) is 8.95. The molecule has 11 nitrogen and oxygen atoms in total. The smallest absolute Gasteiger partial charge is 0.337 e. The van der Waals surface area contributed by atoms with E-state index in [0.29, 0.717) is 40.0 Å². The van der Waals surface area contributed by atoms with Crippen LogP contribution in [0.25, 0.3) is 5.69 Å². The number of nitrogens with zero attached hydrogens (tertiary/aromatic N) is 6. The second-order valence-corrected chi connectivity index (χ2v) is 11.8. The topological polar surface area (TPSA) is 125 Å². The molecule has 3 atom stereocenters. The van der Waals surface area contributed by atoms with Crippen LogP contribution in [0.4, 0.5) is 24.7 Å². The van der Waals surface area contributed by atoms with E-state index >= 15 is 0 Å². The summed E-state index contributed by atoms with van der Waals surface area (Å²) in [6.07, 6.45) is 0.541. The summed E-state index contributed by atoms with van der Waals surface area (Å²) in [5.74, 6) is -2.92. The molecular formula is C35H35F3N8O3. The summed E-state index contributed by atoms with van der Waals surface area (Å²) in [6.45, 7) is 7.63. The van der Waals surface area contributed by atoms with Gasteiger partial charge in [0.1, 0.15) is 17.6 Å². The molecule has 3 amide bonds. The van der Waals surface area contributed by atoms with Crippen LogP contribution in [0.1, 0.15) is 60.5 Å². The molecule has 2 aliphatic rings. The predicted octanol–water partition coefficient (Wildman–Crippen LogP) is 4.96. The number of fused-ring (bicyclic) bond motifs is 1. The van der Waals surface area contributed by atoms with Gasteiger partial charge in [0.25, 0.3) is 17.7 Å². The number of hydrogen-bond donors (Lipinski definition) is 2. The van der Waals surface area contributed by atoms with E-state index in [0.717, 1.165) is 25.7 Å². The number of likely N-dealkylation sites (tertiary alicyclic amines) is 1. The summed E-state index contributed by atoms with van der Waals surface area (Å²) in [5.41, 5.74) is 1.65. The number of carbonyl (C=O) groups is 3. The minimum atomic E-state index is -4.80. The molecule has 4 aromatic rings. The maximum atomic E-state index is 14.3. The van der Waals surface area contributed by atoms with E-state index in [9.17, 15) is 27.6 Å². The van der Waals surface area contributed by atoms with E-state index in [-0.39, 0.29) is 18.5 Å². The van der Waals surface area contributed by atoms with Crippen molar-refractivity contribution in [1.29, 1.82) is 0 Å². The van der Waals surface area contributed by atoms with Crippen LogP contribution in [-0.4, -0.2) is 74.1 Å². The molecule has 1 unspecified atom stereocenters. The van der Waals surface area contributed by atoms with Crippen molar-refractivity contribution >= 4 is 29.2 Å². The van der Waals surface area contributed by atoms with Gasteiger partial charge in [-0.25, -0.2) is 14.6 Å². The lowest BCUT2D eigenvalue weighted by Gasteiger charge is -2.38. The number of likely N-dealkylation sites (N-methyl/N-ethyl adjacent to an activating group) is 1. The van der Waals surface area contributed by atoms with Crippen LogP contribution in [0.3, 0.4) is 0 Å². The Kier molecular flexibility index (Phi) is 9.32. The van der Waals surface area contributed by atoms with E-state index in [4.69, 9.17) is 0 Å². The van der Waals surface area contributed by atoms with Crippen LogP contribution in [0.2, 0.25) is 0 Å². The van der Waals surface area contributed by atoms with Crippen molar-refractivity contribution in [3.8, 4) is 5.69 Å². The van der Waals surface area contributed by atoms with Gasteiger partial charge in [-0.3, -0.25) is 24.2 Å². The fourth-order valence-corrected chi connectivity index (χ4v) is 6.35. The Morgan fingerprint density at radius 1 is 1.08 bits per heavy atom. The van der Waals surface area contributed by atoms with Gasteiger partial charge < -0.3 is 10.6 Å². The van der Waals surface area contributed by atoms with Gasteiger partial charge in [0, 0.05) is 41.5 Å². The van der Waals surface area contributed by atoms with Gasteiger partial charge in [0.15, 0.2) is 0 Å². The number of allylic oxidation sites excluding steroid dienone is 1. The number of aromatic nitrogens is 4. The number of para-hydroxylation sites is 1. The zero-order valence-electron chi connectivity index (χ0n) is 27.1. The molecule has 1 saturated heterocycles. The molecule has 2 N–H and O–H groups in total. The molecule has 0 aliphatic carbocycles. The highest BCUT2D eigenvalue weighted by molar-refractivity contribution is 6.06. The molecule has 254 valence electrons. The van der Waals surface area contributed by atoms with Crippen molar-refractivity contribution in [2.24, 2.45) is 0 Å². The quantitative estimate of drug-likeness (QED) is 0.241. The molecule has 4 heterocycles. The van der Waals surface area contributed by atoms with E-state index in [1.54, 1.807) is 48.1 Å². The minimum Gasteiger partial charge on any atom is -0.337 e. The number of amides is 3. The number of hydrogen-bond acceptors (Lipinski definition) is 7. The van der Waals surface area contributed by atoms with Crippen molar-refractivity contribution in [2.75, 3.05) is 29.9 Å². The number of nitrogens with one attached hydrogen (secondary N) is 2. The second-order valence-electron chi connectivity index (χ2n) is 11.8. The van der Waals surface area contributed by atoms with Gasteiger partial charge in [-0.1, -0.05) is 36.4 Å². The second kappa shape index (κ2) is 13.6. The van der Waals surface area contributed by atoms with Gasteiger partial charge in [0.05, 0.1) is 11.9 Å². The molecular weight excluding hydrogens is 637 g/mol. The largest absolute Gasteiger partial charge is 0.433 e. The molecule has 0 radical (unpaired) electrons. The summed E-state index contributed by atoms with van der Waals surface area (Å²) < 4.78 is 41.9. The molecule has 2 aromatic heterocycles. The molecule has 49 heavy (non-hydrogen) atoms. The SMILES string of the molecule is C/C=C(/C(=O)Nc1cccc([C@@H]2c3cnn(-c4ccccc4)c3N(CC)C(=O)[C@H]2NC(=O)c2nccc(C(F)(F)F)n2)c1)C(C)N1CCC1. The van der Waals surface area contributed by atoms with Crippen LogP contribution in [0, 0.1) is 0 Å². The molecule has 0 spiro atoms. The first-order valence-corrected chi connectivity index (χ1v) is 16.0. The Morgan fingerprint density at radius 3 is 2.49 bits per heavy atom. The number of rotatable bonds is 9. The summed E-state index contributed by atoms with van der Waals surface area (Å²) in [5, 5.41) is 10.2. The van der Waals surface area contributed by atoms with E-state index in [2.05, 4.69) is 30.6 Å². The maximum absolute atomic E-state index is 14.3. The highest BCUT2D eigenvalue weighted by Crippen LogP contribution is 2.42. The van der Waals surface area contributed by atoms with Crippen molar-refractivity contribution in [3.05, 3.63) is 107 Å². The van der Waals surface area contributed by atoms with Crippen LogP contribution in [0.5, 0.6) is 0 Å². The lowest BCUT2D eigenvalue weighted by atomic mass is 9.82. The number of halogens is 3. The molecule has 0 saturated carbocycles. The third kappa shape index (κ3) is 6.55. The van der Waals surface area contributed by atoms with E-state index < -0.39 is 41.5 Å². The fraction of sp³-hybridized carbons (Fsp3) is 0.314. The molecule has 1 fully saturated rings. The van der Waals surface area contributed by atoms with Crippen LogP contribution < -0.4 is 15.5 Å².